The highest BCUT2D eigenvalue weighted by Crippen LogP contribution is 2.45. The summed E-state index contributed by atoms with van der Waals surface area (Å²) in [6, 6.07) is 0. The van der Waals surface area contributed by atoms with Crippen LogP contribution in [-0.4, -0.2) is 96.7 Å². The van der Waals surface area contributed by atoms with Crippen molar-refractivity contribution in [1.29, 1.82) is 0 Å². The van der Waals surface area contributed by atoms with Crippen molar-refractivity contribution in [2.24, 2.45) is 17.8 Å². The molecule has 93 heavy (non-hydrogen) atoms. The van der Waals surface area contributed by atoms with E-state index in [0.29, 0.717) is 31.6 Å². The summed E-state index contributed by atoms with van der Waals surface area (Å²) in [4.78, 5) is 72.7. The van der Waals surface area contributed by atoms with Crippen molar-refractivity contribution >= 4 is 39.5 Å². The van der Waals surface area contributed by atoms with E-state index in [1.807, 2.05) is 0 Å². The van der Waals surface area contributed by atoms with E-state index in [1.165, 1.54) is 135 Å². The SMILES string of the molecule is CCCCCC/C=C\C=C/CCCCCCCC(=O)OC[C@H](COP(=O)(O)OC[C@@H](O)COP(=O)(O)OC[C@@H](COC(=O)CCCCCCCCC(C)C)OC(=O)CCCCCCCCCCCCCC(C)C)OC(=O)CCCCCCCCCCCCCCC(C)C. The number of unbranched alkanes of at least 4 members (excludes halogenated alkanes) is 35. The third-order valence-corrected chi connectivity index (χ3v) is 18.4. The van der Waals surface area contributed by atoms with Gasteiger partial charge in [-0.25, -0.2) is 9.13 Å². The third kappa shape index (κ3) is 67.9. The number of aliphatic hydroxyl groups excluding tert-OH is 1. The zero-order valence-corrected chi connectivity index (χ0v) is 62.0. The van der Waals surface area contributed by atoms with Crippen LogP contribution in [-0.2, 0) is 65.4 Å². The molecular formula is C74H140O17P2. The molecule has 0 aromatic rings. The lowest BCUT2D eigenvalue weighted by Gasteiger charge is -2.21. The second kappa shape index (κ2) is 64.2. The summed E-state index contributed by atoms with van der Waals surface area (Å²) in [5.74, 6) is 0.0629. The maximum Gasteiger partial charge on any atom is 0.472 e. The second-order valence-corrected chi connectivity index (χ2v) is 30.3. The van der Waals surface area contributed by atoms with Crippen molar-refractivity contribution in [3.05, 3.63) is 24.3 Å². The Balaban J connectivity index is 5.28. The molecule has 17 nitrogen and oxygen atoms in total. The van der Waals surface area contributed by atoms with Gasteiger partial charge in [0.05, 0.1) is 26.4 Å². The Hall–Kier alpha value is -2.46. The molecule has 0 aliphatic rings. The van der Waals surface area contributed by atoms with Gasteiger partial charge in [0.15, 0.2) is 12.2 Å². The van der Waals surface area contributed by atoms with Gasteiger partial charge < -0.3 is 33.8 Å². The summed E-state index contributed by atoms with van der Waals surface area (Å²) in [5.41, 5.74) is 0. The fraction of sp³-hybridized carbons (Fsp3) is 0.892. The molecule has 0 amide bonds. The summed E-state index contributed by atoms with van der Waals surface area (Å²) < 4.78 is 68.4. The molecule has 0 heterocycles. The zero-order valence-electron chi connectivity index (χ0n) is 60.2. The van der Waals surface area contributed by atoms with Crippen molar-refractivity contribution in [3.63, 3.8) is 0 Å². The molecule has 5 atom stereocenters. The van der Waals surface area contributed by atoms with Crippen LogP contribution in [0.2, 0.25) is 0 Å². The summed E-state index contributed by atoms with van der Waals surface area (Å²) in [5, 5.41) is 10.6. The van der Waals surface area contributed by atoms with Crippen LogP contribution < -0.4 is 0 Å². The number of esters is 4. The molecule has 0 aromatic heterocycles. The fourth-order valence-corrected chi connectivity index (χ4v) is 12.3. The highest BCUT2D eigenvalue weighted by molar-refractivity contribution is 7.47. The Kier molecular flexibility index (Phi) is 62.5. The number of carbonyl (C=O) groups is 4. The average molecular weight is 1360 g/mol. The predicted octanol–water partition coefficient (Wildman–Crippen LogP) is 21.0. The maximum absolute atomic E-state index is 13.1. The number of phosphoric acid groups is 2. The molecule has 0 aliphatic heterocycles. The van der Waals surface area contributed by atoms with E-state index in [0.717, 1.165) is 127 Å². The van der Waals surface area contributed by atoms with Gasteiger partial charge in [-0.1, -0.05) is 297 Å². The van der Waals surface area contributed by atoms with Crippen LogP contribution in [0, 0.1) is 17.8 Å². The molecular weight excluding hydrogens is 1220 g/mol. The van der Waals surface area contributed by atoms with Crippen molar-refractivity contribution in [2.45, 2.75) is 369 Å². The van der Waals surface area contributed by atoms with Gasteiger partial charge in [0.25, 0.3) is 0 Å². The summed E-state index contributed by atoms with van der Waals surface area (Å²) in [6.07, 6.45) is 52.3. The van der Waals surface area contributed by atoms with Crippen LogP contribution >= 0.6 is 15.6 Å². The average Bonchev–Trinajstić information content (AvgIpc) is 1.81. The van der Waals surface area contributed by atoms with Gasteiger partial charge in [0.2, 0.25) is 0 Å². The van der Waals surface area contributed by atoms with Crippen LogP contribution in [0.25, 0.3) is 0 Å². The first-order chi connectivity index (χ1) is 44.7. The Morgan fingerprint density at radius 1 is 0.333 bits per heavy atom. The first kappa shape index (κ1) is 90.5. The standard InChI is InChI=1S/C74H140O17P2/c1-8-9-10-11-12-13-14-15-16-17-23-28-33-41-48-55-71(76)84-61-69(90-73(78)57-50-43-34-29-24-19-18-21-26-31-38-45-52-65(2)3)63-88-92(80,81)86-59-68(75)60-87-93(82,83)89-64-70(62-85-72(77)56-49-42-37-36-40-47-54-67(6)7)91-74(79)58-51-44-35-30-25-20-22-27-32-39-46-53-66(4)5/h13-16,65-70,75H,8-12,17-64H2,1-7H3,(H,80,81)(H,82,83)/b14-13-,16-15-/t68-,69-,70-/m1/s1. The number of hydrogen-bond donors (Lipinski definition) is 3. The van der Waals surface area contributed by atoms with Crippen molar-refractivity contribution in [1.82, 2.24) is 0 Å². The lowest BCUT2D eigenvalue weighted by atomic mass is 10.0. The smallest absolute Gasteiger partial charge is 0.462 e. The van der Waals surface area contributed by atoms with Crippen LogP contribution in [0.4, 0.5) is 0 Å². The Labute approximate surface area is 567 Å². The molecule has 0 aliphatic carbocycles. The van der Waals surface area contributed by atoms with Gasteiger partial charge in [-0.3, -0.25) is 37.3 Å². The molecule has 0 radical (unpaired) electrons. The van der Waals surface area contributed by atoms with E-state index in [1.54, 1.807) is 0 Å². The van der Waals surface area contributed by atoms with Gasteiger partial charge in [0.1, 0.15) is 19.3 Å². The zero-order chi connectivity index (χ0) is 68.7. The molecule has 19 heteroatoms. The monoisotopic (exact) mass is 1360 g/mol. The largest absolute Gasteiger partial charge is 0.472 e. The first-order valence-electron chi connectivity index (χ1n) is 37.7. The van der Waals surface area contributed by atoms with Crippen LogP contribution in [0.1, 0.15) is 350 Å². The Bertz CT molecular complexity index is 1910. The number of hydrogen-bond acceptors (Lipinski definition) is 15. The van der Waals surface area contributed by atoms with Crippen LogP contribution in [0.3, 0.4) is 0 Å². The molecule has 0 rings (SSSR count). The number of carbonyl (C=O) groups excluding carboxylic acids is 4. The van der Waals surface area contributed by atoms with Gasteiger partial charge in [-0.05, 0) is 69.1 Å². The van der Waals surface area contributed by atoms with Gasteiger partial charge in [-0.2, -0.15) is 0 Å². The lowest BCUT2D eigenvalue weighted by Crippen LogP contribution is -2.30. The maximum atomic E-state index is 13.1. The number of aliphatic hydroxyl groups is 1. The van der Waals surface area contributed by atoms with Gasteiger partial charge in [-0.15, -0.1) is 0 Å². The van der Waals surface area contributed by atoms with Crippen LogP contribution in [0.5, 0.6) is 0 Å². The first-order valence-corrected chi connectivity index (χ1v) is 40.7. The molecule has 0 bridgehead atoms. The third-order valence-electron chi connectivity index (χ3n) is 16.5. The molecule has 548 valence electrons. The minimum Gasteiger partial charge on any atom is -0.462 e. The topological polar surface area (TPSA) is 237 Å². The van der Waals surface area contributed by atoms with Crippen molar-refractivity contribution in [3.8, 4) is 0 Å². The normalized spacial score (nSPS) is 14.3. The molecule has 0 saturated carbocycles. The minimum atomic E-state index is -4.96. The van der Waals surface area contributed by atoms with Gasteiger partial charge >= 0.3 is 39.5 Å². The Morgan fingerprint density at radius 2 is 0.581 bits per heavy atom. The lowest BCUT2D eigenvalue weighted by molar-refractivity contribution is -0.161. The summed E-state index contributed by atoms with van der Waals surface area (Å²) in [7, 11) is -9.92. The fourth-order valence-electron chi connectivity index (χ4n) is 10.7. The highest BCUT2D eigenvalue weighted by atomic mass is 31.2. The second-order valence-electron chi connectivity index (χ2n) is 27.4. The molecule has 0 fully saturated rings. The molecule has 0 aromatic carbocycles. The van der Waals surface area contributed by atoms with Gasteiger partial charge in [0, 0.05) is 25.7 Å². The van der Waals surface area contributed by atoms with E-state index < -0.39 is 97.5 Å². The van der Waals surface area contributed by atoms with E-state index in [9.17, 15) is 43.2 Å². The van der Waals surface area contributed by atoms with Crippen molar-refractivity contribution in [2.75, 3.05) is 39.6 Å². The molecule has 2 unspecified atom stereocenters. The minimum absolute atomic E-state index is 0.0995. The number of allylic oxidation sites excluding steroid dienone is 4. The summed E-state index contributed by atoms with van der Waals surface area (Å²) in [6.45, 7) is 11.7. The number of ether oxygens (including phenoxy) is 4. The van der Waals surface area contributed by atoms with E-state index in [-0.39, 0.29) is 25.7 Å². The van der Waals surface area contributed by atoms with E-state index in [2.05, 4.69) is 72.8 Å². The molecule has 0 spiro atoms. The predicted molar refractivity (Wildman–Crippen MR) is 377 cm³/mol. The highest BCUT2D eigenvalue weighted by Gasteiger charge is 2.30. The van der Waals surface area contributed by atoms with E-state index in [4.69, 9.17) is 37.0 Å². The number of phosphoric ester groups is 2. The molecule has 0 saturated heterocycles. The number of rotatable bonds is 70. The Morgan fingerprint density at radius 3 is 0.871 bits per heavy atom. The quantitative estimate of drug-likeness (QED) is 0.0169. The van der Waals surface area contributed by atoms with Crippen LogP contribution in [0.15, 0.2) is 24.3 Å². The molecule has 3 N–H and O–H groups in total. The summed E-state index contributed by atoms with van der Waals surface area (Å²) >= 11 is 0. The van der Waals surface area contributed by atoms with E-state index >= 15 is 0 Å². The van der Waals surface area contributed by atoms with Crippen molar-refractivity contribution < 1.29 is 80.2 Å².